The third kappa shape index (κ3) is 2.57. The summed E-state index contributed by atoms with van der Waals surface area (Å²) >= 11 is 6.11. The Balaban J connectivity index is 2.39. The van der Waals surface area contributed by atoms with Gasteiger partial charge in [-0.05, 0) is 25.1 Å². The van der Waals surface area contributed by atoms with Gasteiger partial charge in [-0.1, -0.05) is 23.7 Å². The standard InChI is InChI=1S/C13H13ClN2O/c1-9-12(6-3-7-16-9)17-13-10(8-15)4-2-5-11(13)14/h2-7H,8,15H2,1H3. The second-order valence-corrected chi connectivity index (χ2v) is 4.03. The number of halogens is 1. The molecule has 0 saturated heterocycles. The lowest BCUT2D eigenvalue weighted by Crippen LogP contribution is -2.00. The maximum atomic E-state index is 6.11. The highest BCUT2D eigenvalue weighted by molar-refractivity contribution is 6.32. The lowest BCUT2D eigenvalue weighted by Gasteiger charge is -2.12. The lowest BCUT2D eigenvalue weighted by atomic mass is 10.2. The molecule has 0 amide bonds. The van der Waals surface area contributed by atoms with Crippen molar-refractivity contribution >= 4 is 11.6 Å². The lowest BCUT2D eigenvalue weighted by molar-refractivity contribution is 0.470. The van der Waals surface area contributed by atoms with Gasteiger partial charge in [0.25, 0.3) is 0 Å². The molecule has 17 heavy (non-hydrogen) atoms. The predicted octanol–water partition coefficient (Wildman–Crippen LogP) is 3.29. The summed E-state index contributed by atoms with van der Waals surface area (Å²) in [6.07, 6.45) is 1.72. The van der Waals surface area contributed by atoms with Crippen molar-refractivity contribution < 1.29 is 4.74 Å². The van der Waals surface area contributed by atoms with E-state index in [4.69, 9.17) is 22.1 Å². The number of rotatable bonds is 3. The topological polar surface area (TPSA) is 48.1 Å². The fourth-order valence-corrected chi connectivity index (χ4v) is 1.75. The summed E-state index contributed by atoms with van der Waals surface area (Å²) in [5, 5.41) is 0.552. The van der Waals surface area contributed by atoms with Crippen LogP contribution >= 0.6 is 11.6 Å². The van der Waals surface area contributed by atoms with Crippen molar-refractivity contribution in [1.82, 2.24) is 4.98 Å². The molecule has 88 valence electrons. The summed E-state index contributed by atoms with van der Waals surface area (Å²) in [5.74, 6) is 1.29. The van der Waals surface area contributed by atoms with E-state index in [0.717, 1.165) is 11.3 Å². The van der Waals surface area contributed by atoms with Crippen molar-refractivity contribution in [2.24, 2.45) is 5.73 Å². The van der Waals surface area contributed by atoms with Gasteiger partial charge in [-0.25, -0.2) is 0 Å². The van der Waals surface area contributed by atoms with Crippen LogP contribution in [0.15, 0.2) is 36.5 Å². The molecule has 0 unspecified atom stereocenters. The van der Waals surface area contributed by atoms with Crippen molar-refractivity contribution in [3.8, 4) is 11.5 Å². The van der Waals surface area contributed by atoms with E-state index in [2.05, 4.69) is 4.98 Å². The van der Waals surface area contributed by atoms with E-state index in [9.17, 15) is 0 Å². The van der Waals surface area contributed by atoms with Gasteiger partial charge in [-0.15, -0.1) is 0 Å². The van der Waals surface area contributed by atoms with Gasteiger partial charge in [0.15, 0.2) is 5.75 Å². The molecule has 2 aromatic rings. The first-order valence-corrected chi connectivity index (χ1v) is 5.67. The summed E-state index contributed by atoms with van der Waals surface area (Å²) in [6.45, 7) is 2.27. The number of ether oxygens (including phenoxy) is 1. The second kappa shape index (κ2) is 5.17. The van der Waals surface area contributed by atoms with Crippen LogP contribution in [0, 0.1) is 6.92 Å². The normalized spacial score (nSPS) is 10.3. The van der Waals surface area contributed by atoms with Crippen LogP contribution in [0.2, 0.25) is 5.02 Å². The van der Waals surface area contributed by atoms with Gasteiger partial charge >= 0.3 is 0 Å². The van der Waals surface area contributed by atoms with Crippen molar-refractivity contribution in [3.63, 3.8) is 0 Å². The third-order valence-corrected chi connectivity index (χ3v) is 2.74. The van der Waals surface area contributed by atoms with E-state index < -0.39 is 0 Å². The van der Waals surface area contributed by atoms with Crippen molar-refractivity contribution in [2.45, 2.75) is 13.5 Å². The Morgan fingerprint density at radius 2 is 2.12 bits per heavy atom. The van der Waals surface area contributed by atoms with Gasteiger partial charge in [0, 0.05) is 18.3 Å². The predicted molar refractivity (Wildman–Crippen MR) is 68.4 cm³/mol. The van der Waals surface area contributed by atoms with Gasteiger partial charge in [0.2, 0.25) is 0 Å². The first-order chi connectivity index (χ1) is 8.22. The molecule has 0 fully saturated rings. The summed E-state index contributed by atoms with van der Waals surface area (Å²) in [6, 6.07) is 9.20. The molecule has 0 aliphatic heterocycles. The van der Waals surface area contributed by atoms with Gasteiger partial charge < -0.3 is 10.5 Å². The SMILES string of the molecule is Cc1ncccc1Oc1c(Cl)cccc1CN. The minimum Gasteiger partial charge on any atom is -0.454 e. The number of hydrogen-bond donors (Lipinski definition) is 1. The largest absolute Gasteiger partial charge is 0.454 e. The highest BCUT2D eigenvalue weighted by Gasteiger charge is 2.09. The van der Waals surface area contributed by atoms with E-state index in [0.29, 0.717) is 23.1 Å². The Morgan fingerprint density at radius 3 is 2.82 bits per heavy atom. The van der Waals surface area contributed by atoms with Crippen LogP contribution in [0.25, 0.3) is 0 Å². The Kier molecular flexibility index (Phi) is 3.61. The highest BCUT2D eigenvalue weighted by Crippen LogP contribution is 2.33. The molecule has 1 aromatic carbocycles. The molecule has 0 aliphatic carbocycles. The van der Waals surface area contributed by atoms with E-state index in [-0.39, 0.29) is 0 Å². The van der Waals surface area contributed by atoms with E-state index in [1.165, 1.54) is 0 Å². The first kappa shape index (κ1) is 11.9. The third-order valence-electron chi connectivity index (χ3n) is 2.44. The maximum Gasteiger partial charge on any atom is 0.150 e. The van der Waals surface area contributed by atoms with E-state index >= 15 is 0 Å². The van der Waals surface area contributed by atoms with Gasteiger partial charge in [-0.2, -0.15) is 0 Å². The van der Waals surface area contributed by atoms with Gasteiger partial charge in [-0.3, -0.25) is 4.98 Å². The molecule has 0 saturated carbocycles. The Hall–Kier alpha value is -1.58. The minimum absolute atomic E-state index is 0.384. The summed E-state index contributed by atoms with van der Waals surface area (Å²) < 4.78 is 5.79. The van der Waals surface area contributed by atoms with Crippen LogP contribution in [-0.2, 0) is 6.54 Å². The zero-order chi connectivity index (χ0) is 12.3. The van der Waals surface area contributed by atoms with Crippen molar-refractivity contribution in [3.05, 3.63) is 52.8 Å². The van der Waals surface area contributed by atoms with Gasteiger partial charge in [0.1, 0.15) is 5.75 Å². The average Bonchev–Trinajstić information content (AvgIpc) is 2.34. The van der Waals surface area contributed by atoms with Crippen molar-refractivity contribution in [1.29, 1.82) is 0 Å². The minimum atomic E-state index is 0.384. The van der Waals surface area contributed by atoms with Crippen LogP contribution in [0.1, 0.15) is 11.3 Å². The fraction of sp³-hybridized carbons (Fsp3) is 0.154. The summed E-state index contributed by atoms with van der Waals surface area (Å²) in [4.78, 5) is 4.16. The molecule has 0 bridgehead atoms. The number of para-hydroxylation sites is 1. The number of nitrogens with two attached hydrogens (primary N) is 1. The van der Waals surface area contributed by atoms with Crippen LogP contribution in [0.5, 0.6) is 11.5 Å². The molecule has 0 spiro atoms. The molecule has 2 rings (SSSR count). The van der Waals surface area contributed by atoms with E-state index in [1.807, 2.05) is 31.2 Å². The number of benzene rings is 1. The molecule has 0 atom stereocenters. The molecule has 3 nitrogen and oxygen atoms in total. The summed E-state index contributed by atoms with van der Waals surface area (Å²) in [7, 11) is 0. The highest BCUT2D eigenvalue weighted by atomic mass is 35.5. The van der Waals surface area contributed by atoms with Crippen LogP contribution in [-0.4, -0.2) is 4.98 Å². The smallest absolute Gasteiger partial charge is 0.150 e. The molecule has 2 N–H and O–H groups in total. The summed E-state index contributed by atoms with van der Waals surface area (Å²) in [5.41, 5.74) is 7.35. The number of aryl methyl sites for hydroxylation is 1. The zero-order valence-electron chi connectivity index (χ0n) is 9.48. The maximum absolute atomic E-state index is 6.11. The fourth-order valence-electron chi connectivity index (χ4n) is 1.52. The quantitative estimate of drug-likeness (QED) is 0.907. The zero-order valence-corrected chi connectivity index (χ0v) is 10.2. The molecule has 0 aliphatic rings. The van der Waals surface area contributed by atoms with Crippen molar-refractivity contribution in [2.75, 3.05) is 0 Å². The van der Waals surface area contributed by atoms with Gasteiger partial charge in [0.05, 0.1) is 10.7 Å². The second-order valence-electron chi connectivity index (χ2n) is 3.62. The van der Waals surface area contributed by atoms with E-state index in [1.54, 1.807) is 12.3 Å². The number of pyridine rings is 1. The molecule has 1 heterocycles. The molecule has 4 heteroatoms. The van der Waals surface area contributed by atoms with Crippen LogP contribution in [0.3, 0.4) is 0 Å². The monoisotopic (exact) mass is 248 g/mol. The first-order valence-electron chi connectivity index (χ1n) is 5.29. The molecule has 1 aromatic heterocycles. The Bertz CT molecular complexity index is 529. The Labute approximate surface area is 105 Å². The number of hydrogen-bond acceptors (Lipinski definition) is 3. The molecule has 0 radical (unpaired) electrons. The molecular weight excluding hydrogens is 236 g/mol. The average molecular weight is 249 g/mol. The van der Waals surface area contributed by atoms with Crippen LogP contribution < -0.4 is 10.5 Å². The number of nitrogens with zero attached hydrogens (tertiary/aromatic N) is 1. The molecular formula is C13H13ClN2O. The number of aromatic nitrogens is 1. The van der Waals surface area contributed by atoms with Crippen LogP contribution in [0.4, 0.5) is 0 Å². The Morgan fingerprint density at radius 1 is 1.29 bits per heavy atom.